The SMILES string of the molecule is CC.COC(=O)C1CN(Cc2cccc(Nc3nccc(-c4ccc(N(C)CCN(C)C(=O)OC(C)(C)C)nc4)n3)c2)CCN1C(=O)OC(C)(C)C. The normalized spacial score (nSPS) is 14.8. The maximum Gasteiger partial charge on any atom is 0.411 e. The molecule has 1 fully saturated rings. The van der Waals surface area contributed by atoms with Crippen LogP contribution in [-0.2, 0) is 25.5 Å². The third kappa shape index (κ3) is 12.7. The molecule has 3 aromatic rings. The maximum atomic E-state index is 12.8. The van der Waals surface area contributed by atoms with Gasteiger partial charge in [-0.25, -0.2) is 29.3 Å². The van der Waals surface area contributed by atoms with Gasteiger partial charge in [-0.3, -0.25) is 9.80 Å². The molecular formula is C38H56N8O6. The third-order valence-corrected chi connectivity index (χ3v) is 7.72. The molecule has 2 aromatic heterocycles. The zero-order chi connectivity index (χ0) is 38.6. The molecule has 14 heteroatoms. The number of aromatic nitrogens is 3. The van der Waals surface area contributed by atoms with Crippen molar-refractivity contribution >= 4 is 35.6 Å². The van der Waals surface area contributed by atoms with E-state index in [0.717, 1.165) is 22.6 Å². The number of carbonyl (C=O) groups is 3. The molecule has 0 saturated carbocycles. The van der Waals surface area contributed by atoms with Crippen molar-refractivity contribution in [2.24, 2.45) is 0 Å². The standard InChI is InChI=1S/C36H50N8O6.C2H6/c1-35(2,3)49-33(46)42(8)18-17-41(7)30-14-13-26(22-38-30)28-15-16-37-32(40-28)39-27-12-10-11-25(21-27)23-43-19-20-44(29(24-43)31(45)48-9)34(47)50-36(4,5)6;1-2/h10-16,21-22,29H,17-20,23-24H2,1-9H3,(H,37,39,40);1-2H3. The zero-order valence-corrected chi connectivity index (χ0v) is 32.6. The van der Waals surface area contributed by atoms with E-state index < -0.39 is 29.3 Å². The number of likely N-dealkylation sites (N-methyl/N-ethyl adjacent to an activating group) is 2. The second-order valence-corrected chi connectivity index (χ2v) is 14.3. The molecule has 1 aliphatic rings. The van der Waals surface area contributed by atoms with Gasteiger partial charge in [-0.1, -0.05) is 26.0 Å². The summed E-state index contributed by atoms with van der Waals surface area (Å²) >= 11 is 0. The van der Waals surface area contributed by atoms with Crippen LogP contribution in [0, 0.1) is 0 Å². The number of esters is 1. The molecule has 1 N–H and O–H groups in total. The van der Waals surface area contributed by atoms with Gasteiger partial charge in [0.15, 0.2) is 0 Å². The number of carbonyl (C=O) groups excluding carboxylic acids is 3. The minimum absolute atomic E-state index is 0.320. The molecule has 1 saturated heterocycles. The highest BCUT2D eigenvalue weighted by molar-refractivity contribution is 5.82. The third-order valence-electron chi connectivity index (χ3n) is 7.72. The van der Waals surface area contributed by atoms with Crippen LogP contribution >= 0.6 is 0 Å². The van der Waals surface area contributed by atoms with Gasteiger partial charge in [0.1, 0.15) is 23.1 Å². The Bertz CT molecular complexity index is 1620. The van der Waals surface area contributed by atoms with E-state index >= 15 is 0 Å². The van der Waals surface area contributed by atoms with Crippen LogP contribution in [0.5, 0.6) is 0 Å². The molecule has 0 bridgehead atoms. The van der Waals surface area contributed by atoms with Gasteiger partial charge in [0.05, 0.1) is 12.8 Å². The first-order valence-electron chi connectivity index (χ1n) is 17.6. The quantitative estimate of drug-likeness (QED) is 0.188. The Morgan fingerprint density at radius 3 is 2.27 bits per heavy atom. The summed E-state index contributed by atoms with van der Waals surface area (Å²) in [5, 5.41) is 3.30. The lowest BCUT2D eigenvalue weighted by molar-refractivity contribution is -0.149. The number of nitrogens with zero attached hydrogens (tertiary/aromatic N) is 7. The van der Waals surface area contributed by atoms with Crippen LogP contribution in [0.1, 0.15) is 61.0 Å². The van der Waals surface area contributed by atoms with E-state index in [-0.39, 0.29) is 6.09 Å². The highest BCUT2D eigenvalue weighted by Gasteiger charge is 2.38. The summed E-state index contributed by atoms with van der Waals surface area (Å²) in [6, 6.07) is 12.8. The Labute approximate surface area is 308 Å². The Kier molecular flexibility index (Phi) is 14.7. The lowest BCUT2D eigenvalue weighted by atomic mass is 10.1. The average molecular weight is 721 g/mol. The lowest BCUT2D eigenvalue weighted by Gasteiger charge is -2.40. The highest BCUT2D eigenvalue weighted by atomic mass is 16.6. The fourth-order valence-corrected chi connectivity index (χ4v) is 5.18. The molecule has 4 rings (SSSR count). The molecule has 1 aromatic carbocycles. The molecule has 2 amide bonds. The van der Waals surface area contributed by atoms with E-state index in [4.69, 9.17) is 19.2 Å². The van der Waals surface area contributed by atoms with E-state index in [9.17, 15) is 14.4 Å². The van der Waals surface area contributed by atoms with E-state index in [1.54, 1.807) is 45.1 Å². The maximum absolute atomic E-state index is 12.8. The summed E-state index contributed by atoms with van der Waals surface area (Å²) in [5.74, 6) is 0.718. The molecule has 3 heterocycles. The first-order valence-corrected chi connectivity index (χ1v) is 17.6. The molecule has 0 radical (unpaired) electrons. The fourth-order valence-electron chi connectivity index (χ4n) is 5.18. The van der Waals surface area contributed by atoms with Crippen LogP contribution in [0.15, 0.2) is 54.9 Å². The van der Waals surface area contributed by atoms with Crippen molar-refractivity contribution in [3.05, 3.63) is 60.4 Å². The number of rotatable bonds is 10. The van der Waals surface area contributed by atoms with Gasteiger partial charge in [0.2, 0.25) is 5.95 Å². The Morgan fingerprint density at radius 1 is 0.923 bits per heavy atom. The smallest absolute Gasteiger partial charge is 0.411 e. The fraction of sp³-hybridized carbons (Fsp3) is 0.526. The topological polar surface area (TPSA) is 143 Å². The number of benzene rings is 1. The average Bonchev–Trinajstić information content (AvgIpc) is 3.09. The molecule has 0 aliphatic carbocycles. The Hall–Kier alpha value is -4.98. The van der Waals surface area contributed by atoms with Crippen LogP contribution in [0.2, 0.25) is 0 Å². The van der Waals surface area contributed by atoms with Crippen molar-refractivity contribution < 1.29 is 28.6 Å². The van der Waals surface area contributed by atoms with E-state index in [0.29, 0.717) is 50.9 Å². The van der Waals surface area contributed by atoms with Crippen LogP contribution < -0.4 is 10.2 Å². The number of pyridine rings is 1. The number of amides is 2. The van der Waals surface area contributed by atoms with E-state index in [1.807, 2.05) is 89.0 Å². The summed E-state index contributed by atoms with van der Waals surface area (Å²) in [6.45, 7) is 17.8. The molecule has 284 valence electrons. The number of nitrogens with one attached hydrogen (secondary N) is 1. The van der Waals surface area contributed by atoms with Gasteiger partial charge in [0, 0.05) is 77.0 Å². The summed E-state index contributed by atoms with van der Waals surface area (Å²) in [5.41, 5.74) is 2.15. The van der Waals surface area contributed by atoms with Crippen molar-refractivity contribution in [3.8, 4) is 11.3 Å². The van der Waals surface area contributed by atoms with Crippen LogP contribution in [0.3, 0.4) is 0 Å². The van der Waals surface area contributed by atoms with Gasteiger partial charge in [-0.05, 0) is 77.4 Å². The summed E-state index contributed by atoms with van der Waals surface area (Å²) in [7, 11) is 4.96. The highest BCUT2D eigenvalue weighted by Crippen LogP contribution is 2.23. The first-order chi connectivity index (χ1) is 24.5. The van der Waals surface area contributed by atoms with Crippen LogP contribution in [0.4, 0.5) is 27.0 Å². The van der Waals surface area contributed by atoms with Crippen LogP contribution in [-0.4, -0.2) is 119 Å². The van der Waals surface area contributed by atoms with Crippen molar-refractivity contribution in [1.29, 1.82) is 0 Å². The molecule has 1 atom stereocenters. The molecule has 0 spiro atoms. The van der Waals surface area contributed by atoms with Crippen molar-refractivity contribution in [2.75, 3.05) is 64.1 Å². The Balaban J connectivity index is 0.00000358. The predicted octanol–water partition coefficient (Wildman–Crippen LogP) is 6.21. The largest absolute Gasteiger partial charge is 0.467 e. The number of ether oxygens (including phenoxy) is 3. The van der Waals surface area contributed by atoms with Crippen molar-refractivity contribution in [1.82, 2.24) is 29.7 Å². The zero-order valence-electron chi connectivity index (χ0n) is 32.6. The van der Waals surface area contributed by atoms with Crippen molar-refractivity contribution in [2.45, 2.75) is 79.2 Å². The van der Waals surface area contributed by atoms with Gasteiger partial charge < -0.3 is 29.3 Å². The van der Waals surface area contributed by atoms with Gasteiger partial charge in [0.25, 0.3) is 0 Å². The second kappa shape index (κ2) is 18.5. The number of piperazine rings is 1. The van der Waals surface area contributed by atoms with Gasteiger partial charge in [-0.2, -0.15) is 0 Å². The summed E-state index contributed by atoms with van der Waals surface area (Å²) in [4.78, 5) is 58.6. The first kappa shape index (κ1) is 41.4. The molecule has 14 nitrogen and oxygen atoms in total. The number of hydrogen-bond acceptors (Lipinski definition) is 12. The molecular weight excluding hydrogens is 664 g/mol. The summed E-state index contributed by atoms with van der Waals surface area (Å²) in [6.07, 6.45) is 2.57. The van der Waals surface area contributed by atoms with Gasteiger partial charge >= 0.3 is 18.2 Å². The van der Waals surface area contributed by atoms with Crippen LogP contribution in [0.25, 0.3) is 11.3 Å². The van der Waals surface area contributed by atoms with E-state index in [1.165, 1.54) is 12.0 Å². The minimum Gasteiger partial charge on any atom is -0.467 e. The number of hydrogen-bond donors (Lipinski definition) is 1. The Morgan fingerprint density at radius 2 is 1.63 bits per heavy atom. The molecule has 1 unspecified atom stereocenters. The minimum atomic E-state index is -0.768. The number of methoxy groups -OCH3 is 1. The van der Waals surface area contributed by atoms with E-state index in [2.05, 4.69) is 20.2 Å². The second-order valence-electron chi connectivity index (χ2n) is 14.3. The predicted molar refractivity (Wildman–Crippen MR) is 202 cm³/mol. The number of anilines is 3. The molecule has 1 aliphatic heterocycles. The van der Waals surface area contributed by atoms with Gasteiger partial charge in [-0.15, -0.1) is 0 Å². The molecule has 52 heavy (non-hydrogen) atoms. The summed E-state index contributed by atoms with van der Waals surface area (Å²) < 4.78 is 16.0. The monoisotopic (exact) mass is 720 g/mol. The lowest BCUT2D eigenvalue weighted by Crippen LogP contribution is -2.59. The van der Waals surface area contributed by atoms with Crippen molar-refractivity contribution in [3.63, 3.8) is 0 Å².